The summed E-state index contributed by atoms with van der Waals surface area (Å²) in [4.78, 5) is 14.9. The quantitative estimate of drug-likeness (QED) is 0.768. The number of hydrogen-bond donors (Lipinski definition) is 1. The standard InChI is InChI=1S/C8H11FN2O2/c1-5(3-9)11-7(12)8-10-4-6(2)13-8/h4-5H,3H2,1-2H3,(H,11,12)/t5-/m0/s1. The van der Waals surface area contributed by atoms with Gasteiger partial charge in [-0.3, -0.25) is 4.79 Å². The molecule has 1 amide bonds. The minimum absolute atomic E-state index is 0.0298. The summed E-state index contributed by atoms with van der Waals surface area (Å²) in [6, 6.07) is -0.514. The van der Waals surface area contributed by atoms with Crippen LogP contribution in [0.3, 0.4) is 0 Å². The fourth-order valence-electron chi connectivity index (χ4n) is 0.784. The molecule has 0 saturated heterocycles. The number of nitrogens with one attached hydrogen (secondary N) is 1. The fourth-order valence-corrected chi connectivity index (χ4v) is 0.784. The summed E-state index contributed by atoms with van der Waals surface area (Å²) >= 11 is 0. The van der Waals surface area contributed by atoms with Gasteiger partial charge in [0.1, 0.15) is 12.4 Å². The van der Waals surface area contributed by atoms with Gasteiger partial charge in [-0.1, -0.05) is 0 Å². The van der Waals surface area contributed by atoms with E-state index in [9.17, 15) is 9.18 Å². The Morgan fingerprint density at radius 1 is 1.85 bits per heavy atom. The van der Waals surface area contributed by atoms with E-state index in [0.29, 0.717) is 5.76 Å². The van der Waals surface area contributed by atoms with Crippen molar-refractivity contribution in [1.82, 2.24) is 10.3 Å². The molecule has 0 aliphatic heterocycles. The first-order chi connectivity index (χ1) is 6.13. The smallest absolute Gasteiger partial charge is 0.307 e. The predicted molar refractivity (Wildman–Crippen MR) is 44.1 cm³/mol. The number of nitrogens with zero attached hydrogens (tertiary/aromatic N) is 1. The van der Waals surface area contributed by atoms with Crippen molar-refractivity contribution < 1.29 is 13.6 Å². The van der Waals surface area contributed by atoms with Crippen molar-refractivity contribution in [3.05, 3.63) is 17.8 Å². The zero-order valence-electron chi connectivity index (χ0n) is 7.50. The molecule has 1 aromatic rings. The van der Waals surface area contributed by atoms with E-state index in [0.717, 1.165) is 0 Å². The largest absolute Gasteiger partial charge is 0.438 e. The van der Waals surface area contributed by atoms with E-state index >= 15 is 0 Å². The van der Waals surface area contributed by atoms with Gasteiger partial charge in [-0.15, -0.1) is 0 Å². The van der Waals surface area contributed by atoms with E-state index in [1.165, 1.54) is 6.20 Å². The molecule has 0 fully saturated rings. The van der Waals surface area contributed by atoms with Crippen molar-refractivity contribution in [2.24, 2.45) is 0 Å². The molecule has 1 N–H and O–H groups in total. The van der Waals surface area contributed by atoms with Gasteiger partial charge in [0.25, 0.3) is 5.89 Å². The summed E-state index contributed by atoms with van der Waals surface area (Å²) in [5.41, 5.74) is 0. The zero-order chi connectivity index (χ0) is 9.84. The maximum absolute atomic E-state index is 12.0. The van der Waals surface area contributed by atoms with Gasteiger partial charge in [0.15, 0.2) is 0 Å². The first-order valence-electron chi connectivity index (χ1n) is 3.92. The number of carbonyl (C=O) groups excluding carboxylic acids is 1. The van der Waals surface area contributed by atoms with E-state index in [4.69, 9.17) is 4.42 Å². The lowest BCUT2D eigenvalue weighted by Gasteiger charge is -2.06. The summed E-state index contributed by atoms with van der Waals surface area (Å²) in [6.07, 6.45) is 1.44. The molecule has 0 aliphatic rings. The van der Waals surface area contributed by atoms with Crippen molar-refractivity contribution in [2.45, 2.75) is 19.9 Å². The Hall–Kier alpha value is -1.39. The number of hydrogen-bond acceptors (Lipinski definition) is 3. The molecule has 0 aliphatic carbocycles. The second kappa shape index (κ2) is 4.02. The second-order valence-corrected chi connectivity index (χ2v) is 2.80. The number of aryl methyl sites for hydroxylation is 1. The molecule has 1 rings (SSSR count). The van der Waals surface area contributed by atoms with Gasteiger partial charge in [-0.2, -0.15) is 0 Å². The molecule has 0 bridgehead atoms. The Balaban J connectivity index is 2.58. The summed E-state index contributed by atoms with van der Waals surface area (Å²) in [5, 5.41) is 2.39. The van der Waals surface area contributed by atoms with Gasteiger partial charge in [-0.05, 0) is 13.8 Å². The normalized spacial score (nSPS) is 12.5. The third-order valence-electron chi connectivity index (χ3n) is 1.42. The highest BCUT2D eigenvalue weighted by molar-refractivity contribution is 5.89. The first-order valence-corrected chi connectivity index (χ1v) is 3.92. The van der Waals surface area contributed by atoms with Crippen LogP contribution in [0.4, 0.5) is 4.39 Å². The van der Waals surface area contributed by atoms with Gasteiger partial charge in [0, 0.05) is 0 Å². The molecule has 0 spiro atoms. The van der Waals surface area contributed by atoms with Crippen LogP contribution in [0.2, 0.25) is 0 Å². The van der Waals surface area contributed by atoms with Gasteiger partial charge >= 0.3 is 5.91 Å². The van der Waals surface area contributed by atoms with Crippen LogP contribution in [0, 0.1) is 6.92 Å². The van der Waals surface area contributed by atoms with Crippen LogP contribution in [0.15, 0.2) is 10.6 Å². The molecular formula is C8H11FN2O2. The Morgan fingerprint density at radius 2 is 2.54 bits per heavy atom. The second-order valence-electron chi connectivity index (χ2n) is 2.80. The molecule has 13 heavy (non-hydrogen) atoms. The van der Waals surface area contributed by atoms with Crippen LogP contribution in [0.1, 0.15) is 23.4 Å². The SMILES string of the molecule is Cc1cnc(C(=O)N[C@@H](C)CF)o1. The topological polar surface area (TPSA) is 55.1 Å². The minimum Gasteiger partial charge on any atom is -0.438 e. The molecule has 72 valence electrons. The number of aromatic nitrogens is 1. The van der Waals surface area contributed by atoms with E-state index in [1.807, 2.05) is 0 Å². The van der Waals surface area contributed by atoms with Crippen LogP contribution in [0.5, 0.6) is 0 Å². The maximum atomic E-state index is 12.0. The summed E-state index contributed by atoms with van der Waals surface area (Å²) < 4.78 is 16.9. The van der Waals surface area contributed by atoms with Crippen LogP contribution in [0.25, 0.3) is 0 Å². The number of oxazole rings is 1. The van der Waals surface area contributed by atoms with Crippen molar-refractivity contribution in [3.8, 4) is 0 Å². The van der Waals surface area contributed by atoms with Crippen LogP contribution >= 0.6 is 0 Å². The molecule has 1 heterocycles. The maximum Gasteiger partial charge on any atom is 0.307 e. The minimum atomic E-state index is -0.606. The number of halogens is 1. The highest BCUT2D eigenvalue weighted by Crippen LogP contribution is 2.01. The van der Waals surface area contributed by atoms with Gasteiger partial charge in [0.05, 0.1) is 12.2 Å². The van der Waals surface area contributed by atoms with Crippen molar-refractivity contribution in [1.29, 1.82) is 0 Å². The average molecular weight is 186 g/mol. The lowest BCUT2D eigenvalue weighted by molar-refractivity contribution is 0.0897. The lowest BCUT2D eigenvalue weighted by atomic mass is 10.4. The van der Waals surface area contributed by atoms with Crippen LogP contribution in [-0.2, 0) is 0 Å². The molecule has 1 aromatic heterocycles. The highest BCUT2D eigenvalue weighted by Gasteiger charge is 2.13. The van der Waals surface area contributed by atoms with E-state index in [2.05, 4.69) is 10.3 Å². The summed E-state index contributed by atoms with van der Waals surface area (Å²) in [7, 11) is 0. The first kappa shape index (κ1) is 9.70. The Labute approximate surface area is 75.1 Å². The zero-order valence-corrected chi connectivity index (χ0v) is 7.50. The van der Waals surface area contributed by atoms with Crippen LogP contribution in [-0.4, -0.2) is 23.6 Å². The number of carbonyl (C=O) groups is 1. The van der Waals surface area contributed by atoms with Crippen molar-refractivity contribution in [2.75, 3.05) is 6.67 Å². The monoisotopic (exact) mass is 186 g/mol. The molecule has 4 nitrogen and oxygen atoms in total. The predicted octanol–water partition coefficient (Wildman–Crippen LogP) is 1.07. The highest BCUT2D eigenvalue weighted by atomic mass is 19.1. The lowest BCUT2D eigenvalue weighted by Crippen LogP contribution is -2.34. The van der Waals surface area contributed by atoms with Gasteiger partial charge in [-0.25, -0.2) is 9.37 Å². The third-order valence-corrected chi connectivity index (χ3v) is 1.42. The summed E-state index contributed by atoms with van der Waals surface area (Å²) in [5.74, 6) is 0.0362. The number of rotatable bonds is 3. The van der Waals surface area contributed by atoms with E-state index in [-0.39, 0.29) is 5.89 Å². The third kappa shape index (κ3) is 2.54. The molecular weight excluding hydrogens is 175 g/mol. The Kier molecular flexibility index (Phi) is 3.00. The fraction of sp³-hybridized carbons (Fsp3) is 0.500. The summed E-state index contributed by atoms with van der Waals surface area (Å²) in [6.45, 7) is 2.64. The van der Waals surface area contributed by atoms with Gasteiger partial charge < -0.3 is 9.73 Å². The molecule has 0 unspecified atom stereocenters. The van der Waals surface area contributed by atoms with Crippen molar-refractivity contribution in [3.63, 3.8) is 0 Å². The van der Waals surface area contributed by atoms with E-state index < -0.39 is 18.6 Å². The number of amides is 1. The average Bonchev–Trinajstić information content (AvgIpc) is 2.51. The van der Waals surface area contributed by atoms with Crippen molar-refractivity contribution >= 4 is 5.91 Å². The number of alkyl halides is 1. The van der Waals surface area contributed by atoms with Gasteiger partial charge in [0.2, 0.25) is 0 Å². The molecule has 0 saturated carbocycles. The Morgan fingerprint density at radius 3 is 3.00 bits per heavy atom. The van der Waals surface area contributed by atoms with E-state index in [1.54, 1.807) is 13.8 Å². The molecule has 1 atom stereocenters. The molecule has 5 heteroatoms. The molecule has 0 aromatic carbocycles. The molecule has 0 radical (unpaired) electrons. The van der Waals surface area contributed by atoms with Crippen LogP contribution < -0.4 is 5.32 Å². The Bertz CT molecular complexity index is 298.